The van der Waals surface area contributed by atoms with Crippen LogP contribution in [-0.2, 0) is 9.47 Å². The molecule has 0 atom stereocenters. The molecule has 1 heterocycles. The Labute approximate surface area is 137 Å². The third-order valence-electron chi connectivity index (χ3n) is 3.62. The zero-order valence-electron chi connectivity index (χ0n) is 13.8. The van der Waals surface area contributed by atoms with Crippen LogP contribution in [0.3, 0.4) is 0 Å². The lowest BCUT2D eigenvalue weighted by atomic mass is 10.3. The number of nitrogens with zero attached hydrogens (tertiary/aromatic N) is 1. The van der Waals surface area contributed by atoms with Gasteiger partial charge in [0, 0.05) is 19.6 Å². The number of amides is 1. The van der Waals surface area contributed by atoms with Gasteiger partial charge in [-0.15, -0.1) is 0 Å². The number of hydrogen-bond donors (Lipinski definition) is 1. The Morgan fingerprint density at radius 3 is 2.83 bits per heavy atom. The molecule has 1 N–H and O–H groups in total. The molecule has 1 amide bonds. The highest BCUT2D eigenvalue weighted by atomic mass is 16.5. The monoisotopic (exact) mass is 322 g/mol. The summed E-state index contributed by atoms with van der Waals surface area (Å²) in [6.07, 6.45) is 1.60. The van der Waals surface area contributed by atoms with E-state index in [4.69, 9.17) is 14.2 Å². The second-order valence-corrected chi connectivity index (χ2v) is 5.41. The van der Waals surface area contributed by atoms with E-state index < -0.39 is 6.09 Å². The Morgan fingerprint density at radius 2 is 2.04 bits per heavy atom. The van der Waals surface area contributed by atoms with Crippen molar-refractivity contribution in [2.45, 2.75) is 19.8 Å². The van der Waals surface area contributed by atoms with Crippen LogP contribution < -0.4 is 10.1 Å². The van der Waals surface area contributed by atoms with Gasteiger partial charge >= 0.3 is 6.09 Å². The number of morpholine rings is 1. The van der Waals surface area contributed by atoms with Crippen molar-refractivity contribution in [1.82, 2.24) is 4.90 Å². The molecule has 0 bridgehead atoms. The largest absolute Gasteiger partial charge is 0.491 e. The van der Waals surface area contributed by atoms with Crippen LogP contribution in [0, 0.1) is 0 Å². The third kappa shape index (κ3) is 6.46. The molecule has 6 heteroatoms. The zero-order valence-corrected chi connectivity index (χ0v) is 13.8. The lowest BCUT2D eigenvalue weighted by Gasteiger charge is -2.26. The summed E-state index contributed by atoms with van der Waals surface area (Å²) in [5.74, 6) is 0.672. The molecule has 1 fully saturated rings. The number of benzene rings is 1. The average molecular weight is 322 g/mol. The van der Waals surface area contributed by atoms with Gasteiger partial charge in [0.15, 0.2) is 0 Å². The lowest BCUT2D eigenvalue weighted by molar-refractivity contribution is 0.0290. The van der Waals surface area contributed by atoms with E-state index in [1.165, 1.54) is 0 Å². The summed E-state index contributed by atoms with van der Waals surface area (Å²) in [5, 5.41) is 2.75. The quantitative estimate of drug-likeness (QED) is 0.746. The van der Waals surface area contributed by atoms with Crippen LogP contribution >= 0.6 is 0 Å². The summed E-state index contributed by atoms with van der Waals surface area (Å²) in [6.45, 7) is 7.11. The molecule has 128 valence electrons. The fraction of sp³-hybridized carbons (Fsp3) is 0.588. The molecular weight excluding hydrogens is 296 g/mol. The van der Waals surface area contributed by atoms with E-state index in [2.05, 4.69) is 17.1 Å². The standard InChI is InChI=1S/C17H26N2O4/c1-2-3-11-22-16-7-5-4-6-15(16)18-17(20)23-14-10-19-8-12-21-13-9-19/h4-7H,2-3,8-14H2,1H3,(H,18,20). The van der Waals surface area contributed by atoms with Gasteiger partial charge in [-0.1, -0.05) is 25.5 Å². The van der Waals surface area contributed by atoms with Gasteiger partial charge in [-0.2, -0.15) is 0 Å². The number of carbonyl (C=O) groups excluding carboxylic acids is 1. The molecule has 0 spiro atoms. The number of unbranched alkanes of at least 4 members (excludes halogenated alkanes) is 1. The third-order valence-corrected chi connectivity index (χ3v) is 3.62. The number of carbonyl (C=O) groups is 1. The number of hydrogen-bond acceptors (Lipinski definition) is 5. The number of para-hydroxylation sites is 2. The number of rotatable bonds is 8. The van der Waals surface area contributed by atoms with Gasteiger partial charge in [0.1, 0.15) is 12.4 Å². The second kappa shape index (κ2) is 10.1. The zero-order chi connectivity index (χ0) is 16.3. The summed E-state index contributed by atoms with van der Waals surface area (Å²) in [6, 6.07) is 7.40. The van der Waals surface area contributed by atoms with E-state index in [1.54, 1.807) is 0 Å². The molecule has 23 heavy (non-hydrogen) atoms. The first-order chi connectivity index (χ1) is 11.3. The van der Waals surface area contributed by atoms with Gasteiger partial charge in [-0.05, 0) is 18.6 Å². The van der Waals surface area contributed by atoms with Crippen LogP contribution in [-0.4, -0.2) is 57.1 Å². The van der Waals surface area contributed by atoms with Crippen LogP contribution in [0.25, 0.3) is 0 Å². The van der Waals surface area contributed by atoms with E-state index in [9.17, 15) is 4.79 Å². The van der Waals surface area contributed by atoms with Gasteiger partial charge in [-0.25, -0.2) is 4.79 Å². The number of ether oxygens (including phenoxy) is 3. The van der Waals surface area contributed by atoms with Gasteiger partial charge in [0.05, 0.1) is 25.5 Å². The van der Waals surface area contributed by atoms with Crippen molar-refractivity contribution < 1.29 is 19.0 Å². The van der Waals surface area contributed by atoms with Crippen molar-refractivity contribution in [3.63, 3.8) is 0 Å². The fourth-order valence-corrected chi connectivity index (χ4v) is 2.26. The Bertz CT molecular complexity index is 475. The molecule has 6 nitrogen and oxygen atoms in total. The van der Waals surface area contributed by atoms with Gasteiger partial charge in [0.2, 0.25) is 0 Å². The van der Waals surface area contributed by atoms with E-state index in [0.29, 0.717) is 24.7 Å². The van der Waals surface area contributed by atoms with Crippen molar-refractivity contribution in [3.8, 4) is 5.75 Å². The smallest absolute Gasteiger partial charge is 0.411 e. The SMILES string of the molecule is CCCCOc1ccccc1NC(=O)OCCN1CCOCC1. The van der Waals surface area contributed by atoms with E-state index in [1.807, 2.05) is 24.3 Å². The Morgan fingerprint density at radius 1 is 1.26 bits per heavy atom. The Kier molecular flexibility index (Phi) is 7.69. The second-order valence-electron chi connectivity index (χ2n) is 5.41. The molecule has 2 rings (SSSR count). The van der Waals surface area contributed by atoms with Crippen molar-refractivity contribution in [2.24, 2.45) is 0 Å². The number of anilines is 1. The first kappa shape index (κ1) is 17.6. The van der Waals surface area contributed by atoms with Crippen LogP contribution in [0.15, 0.2) is 24.3 Å². The van der Waals surface area contributed by atoms with Crippen LogP contribution in [0.5, 0.6) is 5.75 Å². The Balaban J connectivity index is 1.73. The van der Waals surface area contributed by atoms with Crippen LogP contribution in [0.4, 0.5) is 10.5 Å². The van der Waals surface area contributed by atoms with Crippen LogP contribution in [0.2, 0.25) is 0 Å². The number of nitrogens with one attached hydrogen (secondary N) is 1. The summed E-state index contributed by atoms with van der Waals surface area (Å²) in [5.41, 5.74) is 0.639. The molecule has 0 unspecified atom stereocenters. The summed E-state index contributed by atoms with van der Waals surface area (Å²) >= 11 is 0. The van der Waals surface area contributed by atoms with Gasteiger partial charge in [0.25, 0.3) is 0 Å². The van der Waals surface area contributed by atoms with E-state index in [0.717, 1.165) is 45.7 Å². The highest BCUT2D eigenvalue weighted by molar-refractivity contribution is 5.86. The molecular formula is C17H26N2O4. The molecule has 1 aliphatic heterocycles. The normalized spacial score (nSPS) is 15.2. The highest BCUT2D eigenvalue weighted by Crippen LogP contribution is 2.24. The van der Waals surface area contributed by atoms with Crippen molar-refractivity contribution in [3.05, 3.63) is 24.3 Å². The molecule has 0 saturated carbocycles. The minimum Gasteiger partial charge on any atom is -0.491 e. The van der Waals surface area contributed by atoms with Gasteiger partial charge in [-0.3, -0.25) is 10.2 Å². The maximum absolute atomic E-state index is 11.9. The van der Waals surface area contributed by atoms with E-state index >= 15 is 0 Å². The van der Waals surface area contributed by atoms with E-state index in [-0.39, 0.29) is 0 Å². The van der Waals surface area contributed by atoms with Crippen molar-refractivity contribution in [2.75, 3.05) is 51.4 Å². The predicted octanol–water partition coefficient (Wildman–Crippen LogP) is 2.75. The summed E-state index contributed by atoms with van der Waals surface area (Å²) in [7, 11) is 0. The maximum Gasteiger partial charge on any atom is 0.411 e. The highest BCUT2D eigenvalue weighted by Gasteiger charge is 2.12. The average Bonchev–Trinajstić information content (AvgIpc) is 2.57. The summed E-state index contributed by atoms with van der Waals surface area (Å²) in [4.78, 5) is 14.1. The summed E-state index contributed by atoms with van der Waals surface area (Å²) < 4.78 is 16.2. The Hall–Kier alpha value is -1.79. The molecule has 0 radical (unpaired) electrons. The molecule has 1 saturated heterocycles. The minimum atomic E-state index is -0.454. The topological polar surface area (TPSA) is 60.0 Å². The first-order valence-electron chi connectivity index (χ1n) is 8.25. The minimum absolute atomic E-state index is 0.366. The van der Waals surface area contributed by atoms with Crippen molar-refractivity contribution >= 4 is 11.8 Å². The molecule has 0 aliphatic carbocycles. The maximum atomic E-state index is 11.9. The predicted molar refractivity (Wildman–Crippen MR) is 89.1 cm³/mol. The van der Waals surface area contributed by atoms with Gasteiger partial charge < -0.3 is 14.2 Å². The van der Waals surface area contributed by atoms with Crippen molar-refractivity contribution in [1.29, 1.82) is 0 Å². The fourth-order valence-electron chi connectivity index (χ4n) is 2.26. The lowest BCUT2D eigenvalue weighted by Crippen LogP contribution is -2.38. The molecule has 1 aromatic rings. The molecule has 1 aliphatic rings. The molecule has 1 aromatic carbocycles. The van der Waals surface area contributed by atoms with Crippen LogP contribution in [0.1, 0.15) is 19.8 Å². The molecule has 0 aromatic heterocycles. The first-order valence-corrected chi connectivity index (χ1v) is 8.25.